The van der Waals surface area contributed by atoms with Crippen LogP contribution in [-0.4, -0.2) is 28.2 Å². The molecule has 2 aromatic heterocycles. The lowest BCUT2D eigenvalue weighted by Crippen LogP contribution is -2.36. The van der Waals surface area contributed by atoms with E-state index in [-0.39, 0.29) is 22.8 Å². The fourth-order valence-corrected chi connectivity index (χ4v) is 3.34. The summed E-state index contributed by atoms with van der Waals surface area (Å²) in [6.07, 6.45) is -7.58. The van der Waals surface area contributed by atoms with E-state index in [1.807, 2.05) is 0 Å². The van der Waals surface area contributed by atoms with Gasteiger partial charge in [0.15, 0.2) is 6.04 Å². The van der Waals surface area contributed by atoms with Gasteiger partial charge >= 0.3 is 12.5 Å². The molecule has 0 radical (unpaired) electrons. The second-order valence-corrected chi connectivity index (χ2v) is 6.88. The highest BCUT2D eigenvalue weighted by Gasteiger charge is 2.47. The van der Waals surface area contributed by atoms with E-state index in [9.17, 15) is 31.1 Å². The molecule has 0 unspecified atom stereocenters. The topological polar surface area (TPSA) is 81.3 Å². The number of hydrogen-bond donors (Lipinski definition) is 2. The predicted octanol–water partition coefficient (Wildman–Crippen LogP) is 5.29. The number of amides is 1. The van der Waals surface area contributed by atoms with E-state index < -0.39 is 42.7 Å². The van der Waals surface area contributed by atoms with Crippen molar-refractivity contribution in [3.63, 3.8) is 0 Å². The van der Waals surface area contributed by atoms with Crippen LogP contribution in [0.2, 0.25) is 0 Å². The van der Waals surface area contributed by atoms with Gasteiger partial charge in [0.2, 0.25) is 0 Å². The predicted molar refractivity (Wildman–Crippen MR) is 98.1 cm³/mol. The number of rotatable bonds is 4. The normalized spacial score (nSPS) is 18.6. The quantitative estimate of drug-likeness (QED) is 0.518. The Labute approximate surface area is 175 Å². The van der Waals surface area contributed by atoms with Gasteiger partial charge in [0.05, 0.1) is 18.5 Å². The third kappa shape index (κ3) is 4.50. The Morgan fingerprint density at radius 3 is 2.47 bits per heavy atom. The SMILES string of the molecule is O=C(Nc1ccc(OC(F)(F)F)cc1)c1cnn2c1N[C@@H](c1ccco1)C[C@H]2C(F)(F)F. The van der Waals surface area contributed by atoms with Gasteiger partial charge in [0.25, 0.3) is 5.91 Å². The molecule has 0 fully saturated rings. The first-order valence-electron chi connectivity index (χ1n) is 9.12. The van der Waals surface area contributed by atoms with Crippen LogP contribution in [-0.2, 0) is 0 Å². The van der Waals surface area contributed by atoms with Gasteiger partial charge in [-0.15, -0.1) is 13.2 Å². The molecule has 0 spiro atoms. The van der Waals surface area contributed by atoms with E-state index in [1.54, 1.807) is 0 Å². The summed E-state index contributed by atoms with van der Waals surface area (Å²) in [5.41, 5.74) is -0.0682. The van der Waals surface area contributed by atoms with E-state index >= 15 is 0 Å². The largest absolute Gasteiger partial charge is 0.573 e. The highest BCUT2D eigenvalue weighted by atomic mass is 19.4. The Balaban J connectivity index is 1.58. The summed E-state index contributed by atoms with van der Waals surface area (Å²) in [6.45, 7) is 0. The zero-order valence-corrected chi connectivity index (χ0v) is 15.9. The molecule has 0 saturated carbocycles. The molecule has 32 heavy (non-hydrogen) atoms. The standard InChI is InChI=1S/C19H14F6N4O3/c20-18(21,22)15-8-13(14-2-1-7-31-14)28-16-12(9-26-29(15)16)17(30)27-10-3-5-11(6-4-10)32-19(23,24)25/h1-7,9,13,15,28H,8H2,(H,27,30)/t13-,15+/m1/s1. The summed E-state index contributed by atoms with van der Waals surface area (Å²) in [7, 11) is 0. The first-order valence-corrected chi connectivity index (χ1v) is 9.12. The highest BCUT2D eigenvalue weighted by Crippen LogP contribution is 2.44. The number of carbonyl (C=O) groups excluding carboxylic acids is 1. The number of hydrogen-bond acceptors (Lipinski definition) is 5. The summed E-state index contributed by atoms with van der Waals surface area (Å²) in [4.78, 5) is 12.7. The second-order valence-electron chi connectivity index (χ2n) is 6.88. The lowest BCUT2D eigenvalue weighted by Gasteiger charge is -2.32. The molecule has 1 aliphatic rings. The molecule has 0 aliphatic carbocycles. The third-order valence-electron chi connectivity index (χ3n) is 4.72. The molecule has 1 aromatic carbocycles. The Morgan fingerprint density at radius 2 is 1.88 bits per heavy atom. The van der Waals surface area contributed by atoms with Gasteiger partial charge < -0.3 is 19.8 Å². The lowest BCUT2D eigenvalue weighted by molar-refractivity contribution is -0.274. The number of aromatic nitrogens is 2. The van der Waals surface area contributed by atoms with Crippen molar-refractivity contribution in [3.05, 3.63) is 60.2 Å². The first kappa shape index (κ1) is 21.6. The fourth-order valence-electron chi connectivity index (χ4n) is 3.34. The molecular weight excluding hydrogens is 446 g/mol. The smallest absolute Gasteiger partial charge is 0.467 e. The second kappa shape index (κ2) is 7.80. The lowest BCUT2D eigenvalue weighted by atomic mass is 10.0. The van der Waals surface area contributed by atoms with Crippen molar-refractivity contribution >= 4 is 17.4 Å². The van der Waals surface area contributed by atoms with Crippen LogP contribution in [0.25, 0.3) is 0 Å². The molecule has 1 amide bonds. The van der Waals surface area contributed by atoms with Crippen molar-refractivity contribution in [2.75, 3.05) is 10.6 Å². The summed E-state index contributed by atoms with van der Waals surface area (Å²) in [6, 6.07) is 4.50. The van der Waals surface area contributed by atoms with Crippen LogP contribution in [0.4, 0.5) is 37.8 Å². The van der Waals surface area contributed by atoms with Crippen molar-refractivity contribution in [2.24, 2.45) is 0 Å². The average molecular weight is 460 g/mol. The molecule has 2 atom stereocenters. The van der Waals surface area contributed by atoms with Gasteiger partial charge in [-0.05, 0) is 36.4 Å². The zero-order valence-electron chi connectivity index (χ0n) is 15.9. The van der Waals surface area contributed by atoms with Crippen LogP contribution in [0.1, 0.15) is 34.6 Å². The third-order valence-corrected chi connectivity index (χ3v) is 4.72. The number of fused-ring (bicyclic) bond motifs is 1. The molecule has 4 rings (SSSR count). The van der Waals surface area contributed by atoms with Gasteiger partial charge in [0, 0.05) is 12.1 Å². The van der Waals surface area contributed by atoms with Crippen molar-refractivity contribution in [1.29, 1.82) is 0 Å². The summed E-state index contributed by atoms with van der Waals surface area (Å²) < 4.78 is 87.3. The average Bonchev–Trinajstić information content (AvgIpc) is 3.36. The maximum absolute atomic E-state index is 13.6. The minimum absolute atomic E-state index is 0.107. The van der Waals surface area contributed by atoms with Crippen LogP contribution in [0, 0.1) is 0 Å². The number of ether oxygens (including phenoxy) is 1. The van der Waals surface area contributed by atoms with Crippen molar-refractivity contribution in [2.45, 2.75) is 31.0 Å². The Morgan fingerprint density at radius 1 is 1.16 bits per heavy atom. The van der Waals surface area contributed by atoms with Crippen LogP contribution in [0.3, 0.4) is 0 Å². The van der Waals surface area contributed by atoms with E-state index in [1.165, 1.54) is 18.4 Å². The molecule has 3 aromatic rings. The number of halogens is 6. The van der Waals surface area contributed by atoms with Crippen LogP contribution in [0.5, 0.6) is 5.75 Å². The highest BCUT2D eigenvalue weighted by molar-refractivity contribution is 6.07. The van der Waals surface area contributed by atoms with E-state index in [0.29, 0.717) is 4.68 Å². The Hall–Kier alpha value is -3.64. The van der Waals surface area contributed by atoms with Gasteiger partial charge in [-0.3, -0.25) is 4.79 Å². The number of carbonyl (C=O) groups is 1. The summed E-state index contributed by atoms with van der Waals surface area (Å²) >= 11 is 0. The Kier molecular flexibility index (Phi) is 5.26. The van der Waals surface area contributed by atoms with Crippen LogP contribution in [0.15, 0.2) is 53.3 Å². The van der Waals surface area contributed by atoms with Gasteiger partial charge in [-0.2, -0.15) is 18.3 Å². The van der Waals surface area contributed by atoms with Crippen molar-refractivity contribution < 1.29 is 40.3 Å². The van der Waals surface area contributed by atoms with Crippen molar-refractivity contribution in [3.8, 4) is 5.75 Å². The molecule has 2 N–H and O–H groups in total. The van der Waals surface area contributed by atoms with E-state index in [4.69, 9.17) is 4.42 Å². The minimum atomic E-state index is -4.87. The molecule has 1 aliphatic heterocycles. The monoisotopic (exact) mass is 460 g/mol. The zero-order chi connectivity index (χ0) is 23.1. The number of anilines is 2. The number of furan rings is 1. The Bertz CT molecular complexity index is 1090. The molecule has 7 nitrogen and oxygen atoms in total. The number of benzene rings is 1. The maximum atomic E-state index is 13.6. The van der Waals surface area contributed by atoms with E-state index in [0.717, 1.165) is 30.5 Å². The van der Waals surface area contributed by atoms with Crippen LogP contribution >= 0.6 is 0 Å². The maximum Gasteiger partial charge on any atom is 0.573 e. The summed E-state index contributed by atoms with van der Waals surface area (Å²) in [5.74, 6) is -1.19. The molecule has 3 heterocycles. The number of alkyl halides is 6. The van der Waals surface area contributed by atoms with Gasteiger partial charge in [-0.25, -0.2) is 4.68 Å². The molecule has 13 heteroatoms. The molecular formula is C19H14F6N4O3. The van der Waals surface area contributed by atoms with Gasteiger partial charge in [-0.1, -0.05) is 0 Å². The number of nitrogens with one attached hydrogen (secondary N) is 2. The molecule has 170 valence electrons. The molecule has 0 bridgehead atoms. The van der Waals surface area contributed by atoms with Gasteiger partial charge in [0.1, 0.15) is 22.9 Å². The number of nitrogens with zero attached hydrogens (tertiary/aromatic N) is 2. The van der Waals surface area contributed by atoms with Crippen LogP contribution < -0.4 is 15.4 Å². The van der Waals surface area contributed by atoms with Crippen molar-refractivity contribution in [1.82, 2.24) is 9.78 Å². The first-order chi connectivity index (χ1) is 15.0. The fraction of sp³-hybridized carbons (Fsp3) is 0.263. The van der Waals surface area contributed by atoms with E-state index in [2.05, 4.69) is 20.5 Å². The summed E-state index contributed by atoms with van der Waals surface area (Å²) in [5, 5.41) is 9.00. The minimum Gasteiger partial charge on any atom is -0.467 e. The molecule has 0 saturated heterocycles.